The molecule has 0 aliphatic carbocycles. The highest BCUT2D eigenvalue weighted by molar-refractivity contribution is 7.22. The van der Waals surface area contributed by atoms with Crippen molar-refractivity contribution < 1.29 is 17.7 Å². The van der Waals surface area contributed by atoms with Gasteiger partial charge in [0.25, 0.3) is 0 Å². The second-order valence-corrected chi connectivity index (χ2v) is 45.2. The van der Waals surface area contributed by atoms with Crippen LogP contribution in [0.15, 0.2) is 145 Å². The molecule has 0 atom stereocenters. The Labute approximate surface area is 895 Å². The van der Waals surface area contributed by atoms with Crippen LogP contribution in [0.5, 0.6) is 0 Å². The molecule has 0 aliphatic rings. The topological polar surface area (TPSA) is 251 Å². The average Bonchev–Trinajstić information content (AvgIpc) is 1.50. The Morgan fingerprint density at radius 3 is 1.18 bits per heavy atom. The lowest BCUT2D eigenvalue weighted by molar-refractivity contribution is 0.518. The van der Waals surface area contributed by atoms with Gasteiger partial charge in [-0.25, -0.2) is 29.9 Å². The highest BCUT2D eigenvalue weighted by Crippen LogP contribution is 2.43. The number of aryl methyl sites for hydroxylation is 22. The van der Waals surface area contributed by atoms with E-state index in [2.05, 4.69) is 366 Å². The summed E-state index contributed by atoms with van der Waals surface area (Å²) in [5.41, 5.74) is 58.5. The zero-order valence-corrected chi connectivity index (χ0v) is 98.3. The van der Waals surface area contributed by atoms with Crippen LogP contribution in [0, 0.1) is 263 Å². The lowest BCUT2D eigenvalue weighted by Gasteiger charge is -2.09. The van der Waals surface area contributed by atoms with Gasteiger partial charge in [0.05, 0.1) is 61.6 Å². The van der Waals surface area contributed by atoms with E-state index in [0.29, 0.717) is 17.7 Å². The van der Waals surface area contributed by atoms with Crippen LogP contribution in [0.1, 0.15) is 210 Å². The molecular weight excluding hydrogens is 1950 g/mol. The van der Waals surface area contributed by atoms with Crippen molar-refractivity contribution in [2.24, 2.45) is 7.05 Å². The maximum atomic E-state index is 6.17. The SMILES string of the molecule is Cc1cc(-c2nnc(-c3ccccc3)s2)cc(C)c1C.Cc1ccc(-c2nc3c(C)c(C)c(C)c(C)c3o2)c(C)c1C.Cc1ccc(-c2nc3c(C)c(C)c(C)c(C)c3s2)c(C)c1C.Cc1ccc(-c2nnc(-c3ccccc3)o2)c(C)c1C.Cc1nc2c(C)c(C)c(C)c(C)c2o1.Cc1nc2c(C)c(C)c(C)c(C)c2s1.Cc1nc2c(C)c3sc(C)nc3cc2s1.Cc1nn(C)c(C)c1C.Cc1nnco1.Cc1nncs1. The van der Waals surface area contributed by atoms with Gasteiger partial charge >= 0.3 is 0 Å². The van der Waals surface area contributed by atoms with E-state index in [9.17, 15) is 0 Å². The summed E-state index contributed by atoms with van der Waals surface area (Å²) in [6.07, 6.45) is 1.30. The van der Waals surface area contributed by atoms with Crippen molar-refractivity contribution in [1.82, 2.24) is 80.5 Å². The molecule has 0 N–H and O–H groups in total. The van der Waals surface area contributed by atoms with Crippen LogP contribution in [0.4, 0.5) is 0 Å². The van der Waals surface area contributed by atoms with Crippen molar-refractivity contribution in [1.29, 1.82) is 0 Å². The van der Waals surface area contributed by atoms with E-state index in [-0.39, 0.29) is 0 Å². The lowest BCUT2D eigenvalue weighted by atomic mass is 9.98. The molecule has 0 amide bonds. The average molecular weight is 2080 g/mol. The molecule has 0 radical (unpaired) electrons. The van der Waals surface area contributed by atoms with Gasteiger partial charge in [0, 0.05) is 60.0 Å². The fourth-order valence-electron chi connectivity index (χ4n) is 17.4. The van der Waals surface area contributed by atoms with Crippen molar-refractivity contribution in [2.75, 3.05) is 0 Å². The predicted octanol–water partition coefficient (Wildman–Crippen LogP) is 34.5. The molecule has 148 heavy (non-hydrogen) atoms. The molecule has 0 unspecified atom stereocenters. The van der Waals surface area contributed by atoms with Gasteiger partial charge in [-0.3, -0.25) is 4.68 Å². The fourth-order valence-corrected chi connectivity index (χ4v) is 22.7. The Morgan fingerprint density at radius 2 is 0.703 bits per heavy atom. The zero-order chi connectivity index (χ0) is 108. The normalized spacial score (nSPS) is 10.9. The van der Waals surface area contributed by atoms with Crippen molar-refractivity contribution in [3.8, 4) is 66.1 Å². The molecule has 0 bridgehead atoms. The van der Waals surface area contributed by atoms with Crippen LogP contribution in [0.3, 0.4) is 0 Å². The van der Waals surface area contributed by atoms with Gasteiger partial charge in [0.15, 0.2) is 17.1 Å². The minimum absolute atomic E-state index is 0.554. The molecule has 0 fully saturated rings. The minimum Gasteiger partial charge on any atom is -0.441 e. The summed E-state index contributed by atoms with van der Waals surface area (Å²) in [7, 11) is 1.97. The molecule has 26 heteroatoms. The van der Waals surface area contributed by atoms with E-state index >= 15 is 0 Å². The van der Waals surface area contributed by atoms with Crippen molar-refractivity contribution in [3.05, 3.63) is 337 Å². The summed E-state index contributed by atoms with van der Waals surface area (Å²) in [6.45, 7) is 80.5. The number of hydrogen-bond donors (Lipinski definition) is 0. The first kappa shape index (κ1) is 112. The maximum absolute atomic E-state index is 6.17. The second kappa shape index (κ2) is 47.8. The monoisotopic (exact) mass is 2080 g/mol. The maximum Gasteiger partial charge on any atom is 0.248 e. The third-order valence-corrected chi connectivity index (χ3v) is 35.4. The summed E-state index contributed by atoms with van der Waals surface area (Å²) in [5.74, 6) is 3.21. The predicted molar refractivity (Wildman–Crippen MR) is 624 cm³/mol. The van der Waals surface area contributed by atoms with Gasteiger partial charge in [0.2, 0.25) is 30.0 Å². The number of benzene rings is 11. The first-order chi connectivity index (χ1) is 70.1. The van der Waals surface area contributed by atoms with Gasteiger partial charge in [-0.15, -0.1) is 97.5 Å². The summed E-state index contributed by atoms with van der Waals surface area (Å²) in [4.78, 5) is 27.9. The fraction of sp³-hybridized carbons (Fsp3) is 0.320. The van der Waals surface area contributed by atoms with Crippen LogP contribution < -0.4 is 0 Å². The number of nitrogens with zero attached hydrogens (tertiary/aromatic N) is 16. The van der Waals surface area contributed by atoms with Crippen LogP contribution in [0.25, 0.3) is 129 Å². The van der Waals surface area contributed by atoms with E-state index in [1.807, 2.05) is 98.4 Å². The quantitative estimate of drug-likeness (QED) is 0.150. The Morgan fingerprint density at radius 1 is 0.257 bits per heavy atom. The molecule has 766 valence electrons. The van der Waals surface area contributed by atoms with Crippen LogP contribution >= 0.6 is 68.0 Å². The molecule has 0 spiro atoms. The molecular formula is C122H138N16O4S6. The summed E-state index contributed by atoms with van der Waals surface area (Å²) >= 11 is 10.3. The first-order valence-electron chi connectivity index (χ1n) is 49.6. The van der Waals surface area contributed by atoms with Gasteiger partial charge in [-0.2, -0.15) is 5.10 Å². The highest BCUT2D eigenvalue weighted by Gasteiger charge is 2.24. The molecule has 20 nitrogen and oxygen atoms in total. The third kappa shape index (κ3) is 24.6. The number of oxazole rings is 2. The van der Waals surface area contributed by atoms with Gasteiger partial charge in [0.1, 0.15) is 36.6 Å². The number of thiazole rings is 4. The second-order valence-electron chi connectivity index (χ2n) is 38.5. The first-order valence-corrected chi connectivity index (χ1v) is 54.6. The third-order valence-electron chi connectivity index (χ3n) is 29.5. The standard InChI is InChI=1S/C20H23NO.C20H23NS.C17H16N2O.C17H16N2S.C12H15NO.C12H15NS.C11H10N2S2.C7H12N2.C3H4N2O.C3H4N2S/c2*1-10-8-9-17(14(5)11(10)2)20-21-18-15(6)12(3)13(4)16(7)19(18)22-20;1-11-9-10-15(13(3)12(11)2)17-19-18-16(20-17)14-7-5-4-6-8-14;1-11-9-15(10-12(2)13(11)3)17-19-18-16(20-17)14-7-5-4-6-8-14;2*1-6-7(2)9(4)12-11(8(6)3)13-10(5)14-12;1-5-10-9(14-7(3)13-10)4-8-11(5)15-6(2)12-8;1-5-6(2)8-9(4)7(5)3;2*1-3-5-4-2-6-3/h2*8-9H,1-7H3;2*4-10H,1-3H3;2*1-5H3;4H,1-3H3;1-4H3;2*2H,1H3. The number of fused-ring (bicyclic) bond motifs is 6. The molecule has 0 aliphatic heterocycles. The van der Waals surface area contributed by atoms with Gasteiger partial charge in [-0.05, 0) is 459 Å². The lowest BCUT2D eigenvalue weighted by Crippen LogP contribution is -1.92. The van der Waals surface area contributed by atoms with Gasteiger partial charge in [-0.1, -0.05) is 84.1 Å². The number of hydrogen-bond acceptors (Lipinski definition) is 25. The van der Waals surface area contributed by atoms with Crippen molar-refractivity contribution in [2.45, 2.75) is 263 Å². The van der Waals surface area contributed by atoms with E-state index < -0.39 is 0 Å². The molecule has 0 saturated heterocycles. The van der Waals surface area contributed by atoms with E-state index in [0.717, 1.165) is 114 Å². The number of rotatable bonds is 6. The van der Waals surface area contributed by atoms with Gasteiger partial charge < -0.3 is 17.7 Å². The zero-order valence-electron chi connectivity index (χ0n) is 93.4. The smallest absolute Gasteiger partial charge is 0.248 e. The summed E-state index contributed by atoms with van der Waals surface area (Å²) in [6, 6.07) is 39.4. The van der Waals surface area contributed by atoms with E-state index in [4.69, 9.17) is 23.2 Å². The Hall–Kier alpha value is -13.5. The van der Waals surface area contributed by atoms with Crippen LogP contribution in [-0.2, 0) is 7.05 Å². The molecule has 0 saturated carbocycles. The van der Waals surface area contributed by atoms with Crippen LogP contribution in [-0.4, -0.2) is 80.5 Å². The summed E-state index contributed by atoms with van der Waals surface area (Å²) < 4.78 is 29.3. The Balaban J connectivity index is 0.000000140. The largest absolute Gasteiger partial charge is 0.441 e. The van der Waals surface area contributed by atoms with E-state index in [1.165, 1.54) is 214 Å². The Bertz CT molecular complexity index is 8010. The summed E-state index contributed by atoms with van der Waals surface area (Å²) in [5, 5.41) is 42.9. The molecule has 11 aromatic carbocycles. The van der Waals surface area contributed by atoms with E-state index in [1.54, 1.807) is 69.1 Å². The van der Waals surface area contributed by atoms with Crippen LogP contribution in [0.2, 0.25) is 0 Å². The number of aromatic nitrogens is 16. The molecule has 11 heterocycles. The molecule has 22 aromatic rings. The van der Waals surface area contributed by atoms with Crippen molar-refractivity contribution >= 4 is 131 Å². The minimum atomic E-state index is 0.554. The highest BCUT2D eigenvalue weighted by atomic mass is 32.1. The Kier molecular flexibility index (Phi) is 36.1. The molecule has 11 aromatic heterocycles. The molecule has 22 rings (SSSR count). The van der Waals surface area contributed by atoms with Crippen molar-refractivity contribution in [3.63, 3.8) is 0 Å².